The van der Waals surface area contributed by atoms with Crippen molar-refractivity contribution in [1.29, 1.82) is 0 Å². The fraction of sp³-hybridized carbons (Fsp3) is 0.417. The zero-order chi connectivity index (χ0) is 13.6. The van der Waals surface area contributed by atoms with Crippen molar-refractivity contribution in [2.45, 2.75) is 13.0 Å². The number of carbonyl (C=O) groups excluding carboxylic acids is 1. The maximum Gasteiger partial charge on any atom is 0.241 e. The highest BCUT2D eigenvalue weighted by atomic mass is 32.2. The number of nitrogens with two attached hydrogens (primary N) is 1. The van der Waals surface area contributed by atoms with Crippen molar-refractivity contribution in [2.24, 2.45) is 5.73 Å². The Morgan fingerprint density at radius 2 is 1.94 bits per heavy atom. The second kappa shape index (κ2) is 6.51. The Labute approximate surface area is 107 Å². The molecule has 1 amide bonds. The van der Waals surface area contributed by atoms with Crippen molar-refractivity contribution < 1.29 is 13.2 Å². The van der Waals surface area contributed by atoms with Gasteiger partial charge in [-0.2, -0.15) is 0 Å². The summed E-state index contributed by atoms with van der Waals surface area (Å²) in [4.78, 5) is 11.7. The van der Waals surface area contributed by atoms with Gasteiger partial charge in [-0.25, -0.2) is 8.42 Å². The van der Waals surface area contributed by atoms with Gasteiger partial charge in [0.2, 0.25) is 5.91 Å². The molecule has 0 unspecified atom stereocenters. The molecule has 1 atom stereocenters. The van der Waals surface area contributed by atoms with E-state index in [1.165, 1.54) is 0 Å². The van der Waals surface area contributed by atoms with E-state index in [9.17, 15) is 13.2 Å². The molecule has 0 aromatic heterocycles. The first kappa shape index (κ1) is 14.7. The van der Waals surface area contributed by atoms with Crippen molar-refractivity contribution in [3.8, 4) is 0 Å². The summed E-state index contributed by atoms with van der Waals surface area (Å²) in [5.74, 6) is -0.350. The van der Waals surface area contributed by atoms with Crippen molar-refractivity contribution >= 4 is 15.7 Å². The van der Waals surface area contributed by atoms with E-state index in [1.54, 1.807) is 31.2 Å². The van der Waals surface area contributed by atoms with Crippen molar-refractivity contribution in [3.05, 3.63) is 35.9 Å². The highest BCUT2D eigenvalue weighted by Crippen LogP contribution is 2.08. The monoisotopic (exact) mass is 270 g/mol. The van der Waals surface area contributed by atoms with Gasteiger partial charge in [0.1, 0.15) is 6.04 Å². The third kappa shape index (κ3) is 4.46. The molecule has 0 aliphatic rings. The standard InChI is InChI=1S/C12H18N2O3S/c1-2-18(16,17)9-8-14-12(15)11(13)10-6-4-3-5-7-10/h3-7,11H,2,8-9,13H2,1H3,(H,14,15)/t11-/m1/s1. The van der Waals surface area contributed by atoms with Gasteiger partial charge in [-0.1, -0.05) is 37.3 Å². The van der Waals surface area contributed by atoms with Crippen molar-refractivity contribution in [2.75, 3.05) is 18.1 Å². The van der Waals surface area contributed by atoms with Crippen LogP contribution in [-0.2, 0) is 14.6 Å². The van der Waals surface area contributed by atoms with Crippen LogP contribution in [0, 0.1) is 0 Å². The molecule has 1 rings (SSSR count). The lowest BCUT2D eigenvalue weighted by Crippen LogP contribution is -2.36. The van der Waals surface area contributed by atoms with Gasteiger partial charge in [0.05, 0.1) is 5.75 Å². The van der Waals surface area contributed by atoms with Crippen LogP contribution in [0.3, 0.4) is 0 Å². The molecular weight excluding hydrogens is 252 g/mol. The molecule has 18 heavy (non-hydrogen) atoms. The number of nitrogens with one attached hydrogen (secondary N) is 1. The highest BCUT2D eigenvalue weighted by molar-refractivity contribution is 7.91. The normalized spacial score (nSPS) is 13.0. The van der Waals surface area contributed by atoms with Crippen molar-refractivity contribution in [3.63, 3.8) is 0 Å². The fourth-order valence-electron chi connectivity index (χ4n) is 1.40. The summed E-state index contributed by atoms with van der Waals surface area (Å²) < 4.78 is 22.5. The zero-order valence-corrected chi connectivity index (χ0v) is 11.1. The number of rotatable bonds is 6. The van der Waals surface area contributed by atoms with Crippen molar-refractivity contribution in [1.82, 2.24) is 5.32 Å². The molecule has 0 saturated heterocycles. The van der Waals surface area contributed by atoms with Gasteiger partial charge in [0, 0.05) is 12.3 Å². The highest BCUT2D eigenvalue weighted by Gasteiger charge is 2.15. The van der Waals surface area contributed by atoms with E-state index in [-0.39, 0.29) is 24.0 Å². The van der Waals surface area contributed by atoms with Gasteiger partial charge in [-0.05, 0) is 5.56 Å². The summed E-state index contributed by atoms with van der Waals surface area (Å²) >= 11 is 0. The summed E-state index contributed by atoms with van der Waals surface area (Å²) in [6, 6.07) is 8.17. The predicted octanol–water partition coefficient (Wildman–Crippen LogP) is 0.237. The number of carbonyl (C=O) groups is 1. The molecule has 0 fully saturated rings. The molecule has 5 nitrogen and oxygen atoms in total. The Hall–Kier alpha value is -1.40. The molecular formula is C12H18N2O3S. The minimum absolute atomic E-state index is 0.0588. The Kier molecular flexibility index (Phi) is 5.30. The second-order valence-electron chi connectivity index (χ2n) is 3.92. The maximum absolute atomic E-state index is 11.7. The van der Waals surface area contributed by atoms with E-state index in [0.29, 0.717) is 5.56 Å². The molecule has 0 aliphatic heterocycles. The minimum atomic E-state index is -3.06. The predicted molar refractivity (Wildman–Crippen MR) is 70.7 cm³/mol. The lowest BCUT2D eigenvalue weighted by atomic mass is 10.1. The molecule has 6 heteroatoms. The van der Waals surface area contributed by atoms with E-state index in [0.717, 1.165) is 0 Å². The Bertz CT molecular complexity index is 485. The molecule has 0 aliphatic carbocycles. The first-order valence-electron chi connectivity index (χ1n) is 5.75. The molecule has 0 bridgehead atoms. The third-order valence-electron chi connectivity index (χ3n) is 2.59. The molecule has 1 aromatic carbocycles. The van der Waals surface area contributed by atoms with Crippen LogP contribution in [0.15, 0.2) is 30.3 Å². The van der Waals surface area contributed by atoms with Crippen LogP contribution in [0.2, 0.25) is 0 Å². The van der Waals surface area contributed by atoms with Crippen LogP contribution in [0.1, 0.15) is 18.5 Å². The number of hydrogen-bond donors (Lipinski definition) is 2. The molecule has 3 N–H and O–H groups in total. The fourth-order valence-corrected chi connectivity index (χ4v) is 2.10. The second-order valence-corrected chi connectivity index (χ2v) is 6.39. The number of benzene rings is 1. The van der Waals surface area contributed by atoms with Gasteiger partial charge in [0.25, 0.3) is 0 Å². The summed E-state index contributed by atoms with van der Waals surface area (Å²) in [6.45, 7) is 1.67. The van der Waals surface area contributed by atoms with Gasteiger partial charge in [0.15, 0.2) is 9.84 Å². The maximum atomic E-state index is 11.7. The van der Waals surface area contributed by atoms with Gasteiger partial charge < -0.3 is 11.1 Å². The summed E-state index contributed by atoms with van der Waals surface area (Å²) in [7, 11) is -3.06. The molecule has 0 spiro atoms. The minimum Gasteiger partial charge on any atom is -0.353 e. The van der Waals surface area contributed by atoms with E-state index in [2.05, 4.69) is 5.32 Å². The zero-order valence-electron chi connectivity index (χ0n) is 10.3. The molecule has 0 saturated carbocycles. The number of sulfone groups is 1. The first-order chi connectivity index (χ1) is 8.46. The Morgan fingerprint density at radius 3 is 2.50 bits per heavy atom. The van der Waals surface area contributed by atoms with E-state index < -0.39 is 15.9 Å². The largest absolute Gasteiger partial charge is 0.353 e. The average molecular weight is 270 g/mol. The van der Waals surface area contributed by atoms with Gasteiger partial charge >= 0.3 is 0 Å². The van der Waals surface area contributed by atoms with Gasteiger partial charge in [-0.15, -0.1) is 0 Å². The van der Waals surface area contributed by atoms with Gasteiger partial charge in [-0.3, -0.25) is 4.79 Å². The first-order valence-corrected chi connectivity index (χ1v) is 7.57. The van der Waals surface area contributed by atoms with Crippen LogP contribution in [0.25, 0.3) is 0 Å². The van der Waals surface area contributed by atoms with Crippen LogP contribution in [0.4, 0.5) is 0 Å². The number of hydrogen-bond acceptors (Lipinski definition) is 4. The number of amides is 1. The van der Waals surface area contributed by atoms with Crippen LogP contribution in [-0.4, -0.2) is 32.4 Å². The smallest absolute Gasteiger partial charge is 0.241 e. The third-order valence-corrected chi connectivity index (χ3v) is 4.30. The van der Waals surface area contributed by atoms with E-state index >= 15 is 0 Å². The molecule has 100 valence electrons. The lowest BCUT2D eigenvalue weighted by molar-refractivity contribution is -0.122. The average Bonchev–Trinajstić information content (AvgIpc) is 2.38. The van der Waals surface area contributed by atoms with E-state index in [1.807, 2.05) is 6.07 Å². The molecule has 0 radical (unpaired) electrons. The lowest BCUT2D eigenvalue weighted by Gasteiger charge is -2.12. The SMILES string of the molecule is CCS(=O)(=O)CCNC(=O)[C@H](N)c1ccccc1. The Balaban J connectivity index is 2.47. The summed E-state index contributed by atoms with van der Waals surface area (Å²) in [6.07, 6.45) is 0. The van der Waals surface area contributed by atoms with E-state index in [4.69, 9.17) is 5.73 Å². The molecule has 0 heterocycles. The molecule has 1 aromatic rings. The van der Waals surface area contributed by atoms with Crippen LogP contribution >= 0.6 is 0 Å². The summed E-state index contributed by atoms with van der Waals surface area (Å²) in [5.41, 5.74) is 6.46. The topological polar surface area (TPSA) is 89.3 Å². The van der Waals surface area contributed by atoms with Crippen LogP contribution in [0.5, 0.6) is 0 Å². The Morgan fingerprint density at radius 1 is 1.33 bits per heavy atom. The quantitative estimate of drug-likeness (QED) is 0.774. The summed E-state index contributed by atoms with van der Waals surface area (Å²) in [5, 5.41) is 2.53. The van der Waals surface area contributed by atoms with Crippen LogP contribution < -0.4 is 11.1 Å².